The molecule has 0 amide bonds. The zero-order valence-electron chi connectivity index (χ0n) is 7.53. The Morgan fingerprint density at radius 1 is 1.54 bits per heavy atom. The lowest BCUT2D eigenvalue weighted by Gasteiger charge is -2.22. The highest BCUT2D eigenvalue weighted by atomic mass is 15.3. The predicted octanol–water partition coefficient (Wildman–Crippen LogP) is 0.789. The fraction of sp³-hybridized carbons (Fsp3) is 0.500. The Morgan fingerprint density at radius 3 is 2.92 bits per heavy atom. The van der Waals surface area contributed by atoms with Gasteiger partial charge >= 0.3 is 0 Å². The maximum atomic E-state index is 5.28. The van der Waals surface area contributed by atoms with Crippen LogP contribution in [0.2, 0.25) is 0 Å². The Bertz CT molecular complexity index is 315. The van der Waals surface area contributed by atoms with Crippen molar-refractivity contribution in [2.24, 2.45) is 0 Å². The molecule has 68 valence electrons. The van der Waals surface area contributed by atoms with Crippen molar-refractivity contribution in [3.63, 3.8) is 0 Å². The third kappa shape index (κ3) is 1.73. The summed E-state index contributed by atoms with van der Waals surface area (Å²) < 4.78 is 2.00. The molecule has 13 heavy (non-hydrogen) atoms. The molecule has 3 heteroatoms. The number of terminal acetylenes is 1. The lowest BCUT2D eigenvalue weighted by molar-refractivity contribution is 0.343. The minimum Gasteiger partial charge on any atom is -0.317 e. The largest absolute Gasteiger partial charge is 0.317 e. The molecule has 1 N–H and O–H groups in total. The molecular formula is C10H13N3. The monoisotopic (exact) mass is 175 g/mol. The Hall–Kier alpha value is -1.27. The van der Waals surface area contributed by atoms with E-state index in [0.29, 0.717) is 6.04 Å². The van der Waals surface area contributed by atoms with Gasteiger partial charge in [-0.05, 0) is 25.9 Å². The van der Waals surface area contributed by atoms with Gasteiger partial charge in [0.2, 0.25) is 0 Å². The van der Waals surface area contributed by atoms with Crippen LogP contribution in [0.1, 0.15) is 24.4 Å². The van der Waals surface area contributed by atoms with Gasteiger partial charge in [0.25, 0.3) is 0 Å². The average Bonchev–Trinajstić information content (AvgIpc) is 2.67. The van der Waals surface area contributed by atoms with E-state index >= 15 is 0 Å². The summed E-state index contributed by atoms with van der Waals surface area (Å²) in [5, 5.41) is 7.58. The molecule has 2 heterocycles. The fourth-order valence-corrected chi connectivity index (χ4v) is 1.68. The molecule has 0 atom stereocenters. The first-order valence-electron chi connectivity index (χ1n) is 4.61. The van der Waals surface area contributed by atoms with Crippen LogP contribution in [0.15, 0.2) is 12.4 Å². The Kier molecular flexibility index (Phi) is 2.33. The molecule has 0 radical (unpaired) electrons. The highest BCUT2D eigenvalue weighted by Gasteiger charge is 2.14. The number of hydrogen-bond acceptors (Lipinski definition) is 2. The van der Waals surface area contributed by atoms with Crippen LogP contribution in [0, 0.1) is 12.3 Å². The molecule has 0 aliphatic carbocycles. The molecule has 1 fully saturated rings. The first-order valence-corrected chi connectivity index (χ1v) is 4.61. The number of piperidine rings is 1. The summed E-state index contributed by atoms with van der Waals surface area (Å²) >= 11 is 0. The molecule has 1 aromatic heterocycles. The molecule has 1 aromatic rings. The van der Waals surface area contributed by atoms with Gasteiger partial charge < -0.3 is 5.32 Å². The van der Waals surface area contributed by atoms with Gasteiger partial charge in [0, 0.05) is 6.20 Å². The van der Waals surface area contributed by atoms with Crippen molar-refractivity contribution in [1.29, 1.82) is 0 Å². The summed E-state index contributed by atoms with van der Waals surface area (Å²) in [5.41, 5.74) is 0.874. The van der Waals surface area contributed by atoms with Crippen molar-refractivity contribution in [3.8, 4) is 12.3 Å². The van der Waals surface area contributed by atoms with Gasteiger partial charge in [0.1, 0.15) is 0 Å². The van der Waals surface area contributed by atoms with Crippen LogP contribution in [0.5, 0.6) is 0 Å². The topological polar surface area (TPSA) is 29.9 Å². The smallest absolute Gasteiger partial charge is 0.0646 e. The SMILES string of the molecule is C#Cc1cnn(C2CCNCC2)c1. The second-order valence-corrected chi connectivity index (χ2v) is 3.33. The van der Waals surface area contributed by atoms with E-state index in [1.54, 1.807) is 6.20 Å². The normalized spacial score (nSPS) is 18.4. The maximum absolute atomic E-state index is 5.28. The van der Waals surface area contributed by atoms with Gasteiger partial charge in [-0.25, -0.2) is 0 Å². The minimum absolute atomic E-state index is 0.531. The fourth-order valence-electron chi connectivity index (χ4n) is 1.68. The lowest BCUT2D eigenvalue weighted by Crippen LogP contribution is -2.29. The average molecular weight is 175 g/mol. The van der Waals surface area contributed by atoms with E-state index < -0.39 is 0 Å². The molecule has 1 aliphatic heterocycles. The van der Waals surface area contributed by atoms with Crippen LogP contribution >= 0.6 is 0 Å². The molecule has 0 spiro atoms. The molecule has 0 saturated carbocycles. The second-order valence-electron chi connectivity index (χ2n) is 3.33. The van der Waals surface area contributed by atoms with E-state index in [4.69, 9.17) is 6.42 Å². The van der Waals surface area contributed by atoms with Crippen molar-refractivity contribution in [2.75, 3.05) is 13.1 Å². The third-order valence-corrected chi connectivity index (χ3v) is 2.45. The van der Waals surface area contributed by atoms with Gasteiger partial charge in [-0.3, -0.25) is 4.68 Å². The minimum atomic E-state index is 0.531. The van der Waals surface area contributed by atoms with Crippen LogP contribution in [-0.2, 0) is 0 Å². The molecule has 1 aliphatic rings. The number of hydrogen-bond donors (Lipinski definition) is 1. The summed E-state index contributed by atoms with van der Waals surface area (Å²) in [4.78, 5) is 0. The van der Waals surface area contributed by atoms with Crippen LogP contribution in [0.4, 0.5) is 0 Å². The Morgan fingerprint density at radius 2 is 2.31 bits per heavy atom. The lowest BCUT2D eigenvalue weighted by atomic mass is 10.1. The zero-order chi connectivity index (χ0) is 9.10. The molecule has 3 nitrogen and oxygen atoms in total. The van der Waals surface area contributed by atoms with Crippen molar-refractivity contribution < 1.29 is 0 Å². The van der Waals surface area contributed by atoms with Crippen molar-refractivity contribution in [2.45, 2.75) is 18.9 Å². The molecule has 2 rings (SSSR count). The zero-order valence-corrected chi connectivity index (χ0v) is 7.53. The molecular weight excluding hydrogens is 162 g/mol. The number of aromatic nitrogens is 2. The van der Waals surface area contributed by atoms with Crippen LogP contribution < -0.4 is 5.32 Å². The highest BCUT2D eigenvalue weighted by molar-refractivity contribution is 5.26. The van der Waals surface area contributed by atoms with E-state index in [0.717, 1.165) is 31.5 Å². The maximum Gasteiger partial charge on any atom is 0.0646 e. The summed E-state index contributed by atoms with van der Waals surface area (Å²) in [5.74, 6) is 2.59. The number of nitrogens with zero attached hydrogens (tertiary/aromatic N) is 2. The quantitative estimate of drug-likeness (QED) is 0.639. The number of nitrogens with one attached hydrogen (secondary N) is 1. The van der Waals surface area contributed by atoms with Crippen molar-refractivity contribution in [1.82, 2.24) is 15.1 Å². The summed E-state index contributed by atoms with van der Waals surface area (Å²) in [6, 6.07) is 0.531. The van der Waals surface area contributed by atoms with Crippen LogP contribution in [0.3, 0.4) is 0 Å². The standard InChI is InChI=1S/C10H13N3/c1-2-9-7-12-13(8-9)10-3-5-11-6-4-10/h1,7-8,10-11H,3-6H2. The number of rotatable bonds is 1. The van der Waals surface area contributed by atoms with E-state index in [2.05, 4.69) is 16.3 Å². The molecule has 0 aromatic carbocycles. The van der Waals surface area contributed by atoms with Crippen molar-refractivity contribution in [3.05, 3.63) is 18.0 Å². The first-order chi connectivity index (χ1) is 6.40. The molecule has 0 unspecified atom stereocenters. The van der Waals surface area contributed by atoms with Crippen molar-refractivity contribution >= 4 is 0 Å². The third-order valence-electron chi connectivity index (χ3n) is 2.45. The highest BCUT2D eigenvalue weighted by Crippen LogP contribution is 2.17. The van der Waals surface area contributed by atoms with E-state index in [1.807, 2.05) is 10.9 Å². The van der Waals surface area contributed by atoms with Gasteiger partial charge in [0.15, 0.2) is 0 Å². The van der Waals surface area contributed by atoms with Gasteiger partial charge in [-0.1, -0.05) is 5.92 Å². The molecule has 1 saturated heterocycles. The van der Waals surface area contributed by atoms with Gasteiger partial charge in [-0.2, -0.15) is 5.10 Å². The summed E-state index contributed by atoms with van der Waals surface area (Å²) in [7, 11) is 0. The van der Waals surface area contributed by atoms with E-state index in [9.17, 15) is 0 Å². The van der Waals surface area contributed by atoms with Gasteiger partial charge in [-0.15, -0.1) is 6.42 Å². The summed E-state index contributed by atoms with van der Waals surface area (Å²) in [6.07, 6.45) is 11.3. The van der Waals surface area contributed by atoms with E-state index in [-0.39, 0.29) is 0 Å². The summed E-state index contributed by atoms with van der Waals surface area (Å²) in [6.45, 7) is 2.16. The van der Waals surface area contributed by atoms with Gasteiger partial charge in [0.05, 0.1) is 17.8 Å². The van der Waals surface area contributed by atoms with E-state index in [1.165, 1.54) is 0 Å². The first kappa shape index (κ1) is 8.33. The Balaban J connectivity index is 2.11. The molecule has 0 bridgehead atoms. The second kappa shape index (κ2) is 3.63. The van der Waals surface area contributed by atoms with Crippen LogP contribution in [0.25, 0.3) is 0 Å². The Labute approximate surface area is 78.1 Å². The van der Waals surface area contributed by atoms with Crippen LogP contribution in [-0.4, -0.2) is 22.9 Å². The predicted molar refractivity (Wildman–Crippen MR) is 51.3 cm³/mol.